The highest BCUT2D eigenvalue weighted by molar-refractivity contribution is 6.31. The van der Waals surface area contributed by atoms with Crippen LogP contribution in [0.5, 0.6) is 5.75 Å². The molecule has 6 heteroatoms. The molecule has 2 fully saturated rings. The van der Waals surface area contributed by atoms with Gasteiger partial charge < -0.3 is 4.84 Å². The lowest BCUT2D eigenvalue weighted by Crippen LogP contribution is -2.36. The minimum absolute atomic E-state index is 0.0249. The number of nitrogens with zero attached hydrogens (tertiary/aromatic N) is 3. The van der Waals surface area contributed by atoms with E-state index in [-0.39, 0.29) is 27.2 Å². The molecular formula is C18H26ClN3O2. The molecule has 1 aromatic rings. The van der Waals surface area contributed by atoms with Crippen LogP contribution in [0.2, 0.25) is 5.02 Å². The molecule has 2 atom stereocenters. The summed E-state index contributed by atoms with van der Waals surface area (Å²) in [4.78, 5) is 17.9. The van der Waals surface area contributed by atoms with E-state index in [4.69, 9.17) is 16.4 Å². The first kappa shape index (κ1) is 17.5. The van der Waals surface area contributed by atoms with Crippen molar-refractivity contribution in [3.8, 4) is 5.75 Å². The van der Waals surface area contributed by atoms with Gasteiger partial charge in [0.05, 0.1) is 17.4 Å². The zero-order valence-electron chi connectivity index (χ0n) is 15.3. The van der Waals surface area contributed by atoms with Crippen molar-refractivity contribution >= 4 is 17.3 Å². The smallest absolute Gasteiger partial charge is 0.289 e. The van der Waals surface area contributed by atoms with Gasteiger partial charge in [0.2, 0.25) is 5.75 Å². The van der Waals surface area contributed by atoms with Crippen LogP contribution >= 0.6 is 11.6 Å². The molecule has 1 aromatic heterocycles. The fourth-order valence-corrected chi connectivity index (χ4v) is 4.29. The number of oxime groups is 1. The maximum Gasteiger partial charge on any atom is 0.289 e. The van der Waals surface area contributed by atoms with Gasteiger partial charge in [0.25, 0.3) is 5.56 Å². The average Bonchev–Trinajstić information content (AvgIpc) is 2.80. The molecule has 0 amide bonds. The third-order valence-electron chi connectivity index (χ3n) is 6.29. The Morgan fingerprint density at radius 3 is 2.54 bits per heavy atom. The summed E-state index contributed by atoms with van der Waals surface area (Å²) < 4.78 is 1.36. The highest BCUT2D eigenvalue weighted by Crippen LogP contribution is 2.64. The Kier molecular flexibility index (Phi) is 3.87. The lowest BCUT2D eigenvalue weighted by molar-refractivity contribution is 0.191. The van der Waals surface area contributed by atoms with E-state index in [2.05, 4.69) is 31.0 Å². The van der Waals surface area contributed by atoms with E-state index in [9.17, 15) is 4.79 Å². The van der Waals surface area contributed by atoms with Crippen molar-refractivity contribution in [3.63, 3.8) is 0 Å². The number of rotatable bonds is 2. The molecule has 3 rings (SSSR count). The summed E-state index contributed by atoms with van der Waals surface area (Å²) in [5.74, 6) is 0.867. The summed E-state index contributed by atoms with van der Waals surface area (Å²) in [6, 6.07) is 0. The topological polar surface area (TPSA) is 56.5 Å². The van der Waals surface area contributed by atoms with Crippen LogP contribution in [0.1, 0.15) is 60.8 Å². The standard InChI is InChI=1S/C18H26ClN3O2/c1-16(2,3)22-15(23)14(19)12(10-20-22)24-21-13-9-11-7-8-18(13,6)17(11,4)5/h10-11H,7-9H2,1-6H3/b21-13+. The molecule has 2 aliphatic carbocycles. The molecule has 2 unspecified atom stereocenters. The SMILES string of the molecule is CC(C)(C)n1ncc(O/N=C2\CC3CCC2(C)C3(C)C)c(Cl)c1=O. The van der Waals surface area contributed by atoms with E-state index < -0.39 is 5.54 Å². The van der Waals surface area contributed by atoms with Gasteiger partial charge >= 0.3 is 0 Å². The average molecular weight is 352 g/mol. The van der Waals surface area contributed by atoms with Crippen molar-refractivity contribution in [2.75, 3.05) is 0 Å². The molecule has 5 nitrogen and oxygen atoms in total. The van der Waals surface area contributed by atoms with Crippen molar-refractivity contribution in [2.24, 2.45) is 21.9 Å². The van der Waals surface area contributed by atoms with E-state index in [1.165, 1.54) is 17.3 Å². The molecule has 0 aromatic carbocycles. The molecule has 0 saturated heterocycles. The quantitative estimate of drug-likeness (QED) is 0.749. The maximum absolute atomic E-state index is 12.4. The first-order chi connectivity index (χ1) is 11.0. The second-order valence-electron chi connectivity index (χ2n) is 8.83. The Morgan fingerprint density at radius 2 is 2.04 bits per heavy atom. The van der Waals surface area contributed by atoms with Gasteiger partial charge in [-0.2, -0.15) is 5.10 Å². The van der Waals surface area contributed by atoms with Crippen LogP contribution in [0.15, 0.2) is 16.1 Å². The highest BCUT2D eigenvalue weighted by atomic mass is 35.5. The van der Waals surface area contributed by atoms with Gasteiger partial charge in [0, 0.05) is 5.41 Å². The van der Waals surface area contributed by atoms with Crippen LogP contribution in [0.25, 0.3) is 0 Å². The minimum Gasteiger partial charge on any atom is -0.354 e. The van der Waals surface area contributed by atoms with E-state index in [1.54, 1.807) is 0 Å². The van der Waals surface area contributed by atoms with Crippen molar-refractivity contribution < 1.29 is 4.84 Å². The molecule has 2 saturated carbocycles. The van der Waals surface area contributed by atoms with E-state index in [0.29, 0.717) is 5.92 Å². The lowest BCUT2D eigenvalue weighted by Gasteiger charge is -2.34. The first-order valence-corrected chi connectivity index (χ1v) is 8.89. The van der Waals surface area contributed by atoms with Gasteiger partial charge in [0.1, 0.15) is 0 Å². The van der Waals surface area contributed by atoms with E-state index in [1.807, 2.05) is 20.8 Å². The zero-order valence-corrected chi connectivity index (χ0v) is 16.1. The van der Waals surface area contributed by atoms with Crippen LogP contribution in [0.3, 0.4) is 0 Å². The Labute approximate surface area is 148 Å². The number of halogens is 1. The highest BCUT2D eigenvalue weighted by Gasteiger charge is 2.60. The normalized spacial score (nSPS) is 30.1. The zero-order chi connectivity index (χ0) is 17.9. The van der Waals surface area contributed by atoms with Crippen molar-refractivity contribution in [3.05, 3.63) is 21.6 Å². The van der Waals surface area contributed by atoms with Gasteiger partial charge in [-0.1, -0.05) is 37.5 Å². The van der Waals surface area contributed by atoms with E-state index >= 15 is 0 Å². The van der Waals surface area contributed by atoms with Crippen molar-refractivity contribution in [1.29, 1.82) is 0 Å². The van der Waals surface area contributed by atoms with Crippen molar-refractivity contribution in [1.82, 2.24) is 9.78 Å². The number of aromatic nitrogens is 2. The molecule has 0 aliphatic heterocycles. The number of hydrogen-bond acceptors (Lipinski definition) is 4. The summed E-state index contributed by atoms with van der Waals surface area (Å²) in [7, 11) is 0. The van der Waals surface area contributed by atoms with Crippen LogP contribution in [0.4, 0.5) is 0 Å². The molecule has 2 aliphatic rings. The van der Waals surface area contributed by atoms with Gasteiger partial charge in [-0.25, -0.2) is 4.68 Å². The number of hydrogen-bond donors (Lipinski definition) is 0. The lowest BCUT2D eigenvalue weighted by atomic mass is 9.70. The second-order valence-corrected chi connectivity index (χ2v) is 9.21. The maximum atomic E-state index is 12.4. The van der Waals surface area contributed by atoms with Crippen LogP contribution in [-0.2, 0) is 5.54 Å². The molecular weight excluding hydrogens is 326 g/mol. The fraction of sp³-hybridized carbons (Fsp3) is 0.722. The summed E-state index contributed by atoms with van der Waals surface area (Å²) >= 11 is 6.19. The molecule has 0 N–H and O–H groups in total. The summed E-state index contributed by atoms with van der Waals surface area (Å²) in [5.41, 5.74) is 0.555. The van der Waals surface area contributed by atoms with Crippen LogP contribution in [0, 0.1) is 16.7 Å². The van der Waals surface area contributed by atoms with Gasteiger partial charge in [-0.05, 0) is 51.4 Å². The Hall–Kier alpha value is -1.36. The largest absolute Gasteiger partial charge is 0.354 e. The van der Waals surface area contributed by atoms with Crippen LogP contribution in [-0.4, -0.2) is 15.5 Å². The minimum atomic E-state index is -0.437. The third-order valence-corrected chi connectivity index (χ3v) is 6.64. The first-order valence-electron chi connectivity index (χ1n) is 8.51. The Bertz CT molecular complexity index is 761. The van der Waals surface area contributed by atoms with Gasteiger partial charge in [0.15, 0.2) is 5.02 Å². The predicted octanol–water partition coefficient (Wildman–Crippen LogP) is 4.23. The van der Waals surface area contributed by atoms with Crippen LogP contribution < -0.4 is 10.4 Å². The molecule has 0 radical (unpaired) electrons. The molecule has 24 heavy (non-hydrogen) atoms. The third kappa shape index (κ3) is 2.40. The summed E-state index contributed by atoms with van der Waals surface area (Å²) in [5, 5.41) is 8.58. The summed E-state index contributed by atoms with van der Waals surface area (Å²) in [6.45, 7) is 12.6. The Balaban J connectivity index is 1.89. The summed E-state index contributed by atoms with van der Waals surface area (Å²) in [6.07, 6.45) is 4.80. The monoisotopic (exact) mass is 351 g/mol. The van der Waals surface area contributed by atoms with E-state index in [0.717, 1.165) is 18.6 Å². The fourth-order valence-electron chi connectivity index (χ4n) is 4.13. The molecule has 1 heterocycles. The molecule has 0 spiro atoms. The molecule has 2 bridgehead atoms. The second kappa shape index (κ2) is 5.32. The van der Waals surface area contributed by atoms with Gasteiger partial charge in [-0.3, -0.25) is 4.79 Å². The Morgan fingerprint density at radius 1 is 1.38 bits per heavy atom. The molecule has 132 valence electrons. The van der Waals surface area contributed by atoms with Crippen molar-refractivity contribution in [2.45, 2.75) is 66.3 Å². The predicted molar refractivity (Wildman–Crippen MR) is 95.8 cm³/mol. The van der Waals surface area contributed by atoms with Gasteiger partial charge in [-0.15, -0.1) is 0 Å². The number of fused-ring (bicyclic) bond motifs is 2.